The van der Waals surface area contributed by atoms with Gasteiger partial charge in [-0.15, -0.1) is 11.3 Å². The highest BCUT2D eigenvalue weighted by Gasteiger charge is 2.32. The molecule has 1 aliphatic rings. The molecule has 0 saturated carbocycles. The van der Waals surface area contributed by atoms with Crippen LogP contribution in [-0.4, -0.2) is 25.1 Å². The first-order chi connectivity index (χ1) is 7.07. The highest BCUT2D eigenvalue weighted by Crippen LogP contribution is 2.26. The molecule has 4 heteroatoms. The molecular formula is C11H16O3S. The maximum atomic E-state index is 5.66. The highest BCUT2D eigenvalue weighted by molar-refractivity contribution is 7.10. The molecule has 3 nitrogen and oxygen atoms in total. The zero-order valence-corrected chi connectivity index (χ0v) is 10.1. The van der Waals surface area contributed by atoms with Crippen LogP contribution >= 0.6 is 11.3 Å². The monoisotopic (exact) mass is 228 g/mol. The average Bonchev–Trinajstić information content (AvgIpc) is 2.69. The Kier molecular flexibility index (Phi) is 3.00. The molecule has 1 aromatic heterocycles. The van der Waals surface area contributed by atoms with Crippen molar-refractivity contribution in [2.24, 2.45) is 0 Å². The van der Waals surface area contributed by atoms with Crippen LogP contribution in [0.4, 0.5) is 0 Å². The molecule has 0 bridgehead atoms. The SMILES string of the molecule is Cc1sccc1OCC1COC(C)(C)O1. The third-order valence-electron chi connectivity index (χ3n) is 2.30. The Labute approximate surface area is 94.0 Å². The number of rotatable bonds is 3. The van der Waals surface area contributed by atoms with E-state index in [4.69, 9.17) is 14.2 Å². The van der Waals surface area contributed by atoms with E-state index in [9.17, 15) is 0 Å². The molecule has 84 valence electrons. The minimum absolute atomic E-state index is 0.0410. The molecule has 0 aromatic carbocycles. The second-order valence-corrected chi connectivity index (χ2v) is 5.22. The van der Waals surface area contributed by atoms with Crippen LogP contribution < -0.4 is 4.74 Å². The van der Waals surface area contributed by atoms with Crippen molar-refractivity contribution in [3.05, 3.63) is 16.3 Å². The molecule has 1 aliphatic heterocycles. The topological polar surface area (TPSA) is 27.7 Å². The summed E-state index contributed by atoms with van der Waals surface area (Å²) < 4.78 is 16.8. The fraction of sp³-hybridized carbons (Fsp3) is 0.636. The van der Waals surface area contributed by atoms with Crippen molar-refractivity contribution in [1.82, 2.24) is 0 Å². The highest BCUT2D eigenvalue weighted by atomic mass is 32.1. The van der Waals surface area contributed by atoms with E-state index >= 15 is 0 Å². The van der Waals surface area contributed by atoms with E-state index < -0.39 is 5.79 Å². The average molecular weight is 228 g/mol. The predicted octanol–water partition coefficient (Wildman–Crippen LogP) is 2.59. The molecule has 0 spiro atoms. The van der Waals surface area contributed by atoms with E-state index in [2.05, 4.69) is 6.92 Å². The Morgan fingerprint density at radius 3 is 2.93 bits per heavy atom. The van der Waals surface area contributed by atoms with Gasteiger partial charge in [-0.05, 0) is 32.2 Å². The maximum absolute atomic E-state index is 5.66. The Morgan fingerprint density at radius 2 is 2.40 bits per heavy atom. The van der Waals surface area contributed by atoms with Gasteiger partial charge in [0, 0.05) is 4.88 Å². The van der Waals surface area contributed by atoms with Crippen LogP contribution in [-0.2, 0) is 9.47 Å². The fourth-order valence-electron chi connectivity index (χ4n) is 1.55. The Hall–Kier alpha value is -0.580. The molecule has 0 aliphatic carbocycles. The Bertz CT molecular complexity index is 332. The molecule has 1 saturated heterocycles. The van der Waals surface area contributed by atoms with Crippen LogP contribution in [0.25, 0.3) is 0 Å². The summed E-state index contributed by atoms with van der Waals surface area (Å²) in [5, 5.41) is 2.03. The van der Waals surface area contributed by atoms with Crippen LogP contribution in [0.15, 0.2) is 11.4 Å². The molecule has 15 heavy (non-hydrogen) atoms. The van der Waals surface area contributed by atoms with Gasteiger partial charge in [0.2, 0.25) is 0 Å². The van der Waals surface area contributed by atoms with Crippen LogP contribution in [0.1, 0.15) is 18.7 Å². The van der Waals surface area contributed by atoms with Crippen molar-refractivity contribution in [2.75, 3.05) is 13.2 Å². The predicted molar refractivity (Wildman–Crippen MR) is 59.5 cm³/mol. The van der Waals surface area contributed by atoms with Gasteiger partial charge in [-0.3, -0.25) is 0 Å². The molecule has 0 radical (unpaired) electrons. The van der Waals surface area contributed by atoms with Gasteiger partial charge in [0.1, 0.15) is 18.5 Å². The molecule has 0 N–H and O–H groups in total. The van der Waals surface area contributed by atoms with Crippen molar-refractivity contribution in [3.8, 4) is 5.75 Å². The summed E-state index contributed by atoms with van der Waals surface area (Å²) in [6.07, 6.45) is 0.0410. The summed E-state index contributed by atoms with van der Waals surface area (Å²) >= 11 is 1.69. The number of hydrogen-bond donors (Lipinski definition) is 0. The molecule has 1 aromatic rings. The molecule has 1 unspecified atom stereocenters. The Balaban J connectivity index is 1.83. The largest absolute Gasteiger partial charge is 0.490 e. The van der Waals surface area contributed by atoms with E-state index in [0.717, 1.165) is 5.75 Å². The first kappa shape index (κ1) is 10.9. The first-order valence-corrected chi connectivity index (χ1v) is 5.93. The normalized spacial score (nSPS) is 24.3. The third kappa shape index (κ3) is 2.71. The molecule has 0 amide bonds. The molecule has 2 rings (SSSR count). The molecule has 2 heterocycles. The van der Waals surface area contributed by atoms with Gasteiger partial charge < -0.3 is 14.2 Å². The van der Waals surface area contributed by atoms with Gasteiger partial charge in [0.25, 0.3) is 0 Å². The van der Waals surface area contributed by atoms with Gasteiger partial charge in [0.05, 0.1) is 6.61 Å². The van der Waals surface area contributed by atoms with E-state index in [1.54, 1.807) is 11.3 Å². The fourth-order valence-corrected chi connectivity index (χ4v) is 2.19. The first-order valence-electron chi connectivity index (χ1n) is 5.05. The van der Waals surface area contributed by atoms with Crippen LogP contribution in [0.5, 0.6) is 5.75 Å². The van der Waals surface area contributed by atoms with Crippen molar-refractivity contribution in [1.29, 1.82) is 0 Å². The second kappa shape index (κ2) is 4.12. The zero-order valence-electron chi connectivity index (χ0n) is 9.28. The lowest BCUT2D eigenvalue weighted by atomic mass is 10.4. The smallest absolute Gasteiger partial charge is 0.163 e. The van der Waals surface area contributed by atoms with Crippen molar-refractivity contribution in [2.45, 2.75) is 32.7 Å². The van der Waals surface area contributed by atoms with Gasteiger partial charge in [0.15, 0.2) is 5.79 Å². The lowest BCUT2D eigenvalue weighted by Gasteiger charge is -2.17. The minimum Gasteiger partial charge on any atom is -0.490 e. The second-order valence-electron chi connectivity index (χ2n) is 4.10. The number of ether oxygens (including phenoxy) is 3. The lowest BCUT2D eigenvalue weighted by Crippen LogP contribution is -2.25. The van der Waals surface area contributed by atoms with Crippen molar-refractivity contribution in [3.63, 3.8) is 0 Å². The molecule has 1 atom stereocenters. The van der Waals surface area contributed by atoms with Gasteiger partial charge in [-0.25, -0.2) is 0 Å². The summed E-state index contributed by atoms with van der Waals surface area (Å²) in [4.78, 5) is 1.20. The van der Waals surface area contributed by atoms with Crippen LogP contribution in [0.2, 0.25) is 0 Å². The summed E-state index contributed by atoms with van der Waals surface area (Å²) in [6, 6.07) is 1.99. The van der Waals surface area contributed by atoms with Crippen LogP contribution in [0, 0.1) is 6.92 Å². The van der Waals surface area contributed by atoms with Gasteiger partial charge >= 0.3 is 0 Å². The van der Waals surface area contributed by atoms with E-state index in [1.807, 2.05) is 25.3 Å². The van der Waals surface area contributed by atoms with E-state index in [1.165, 1.54) is 4.88 Å². The maximum Gasteiger partial charge on any atom is 0.163 e. The van der Waals surface area contributed by atoms with Gasteiger partial charge in [-0.2, -0.15) is 0 Å². The van der Waals surface area contributed by atoms with Gasteiger partial charge in [-0.1, -0.05) is 0 Å². The quantitative estimate of drug-likeness (QED) is 0.796. The number of aryl methyl sites for hydroxylation is 1. The number of thiophene rings is 1. The third-order valence-corrected chi connectivity index (χ3v) is 3.13. The van der Waals surface area contributed by atoms with E-state index in [0.29, 0.717) is 13.2 Å². The summed E-state index contributed by atoms with van der Waals surface area (Å²) in [5.41, 5.74) is 0. The standard InChI is InChI=1S/C11H16O3S/c1-8-10(4-5-15-8)12-6-9-7-13-11(2,3)14-9/h4-5,9H,6-7H2,1-3H3. The summed E-state index contributed by atoms with van der Waals surface area (Å²) in [7, 11) is 0. The molecule has 1 fully saturated rings. The van der Waals surface area contributed by atoms with Crippen molar-refractivity contribution < 1.29 is 14.2 Å². The molecular weight excluding hydrogens is 212 g/mol. The zero-order chi connectivity index (χ0) is 10.9. The van der Waals surface area contributed by atoms with Crippen molar-refractivity contribution >= 4 is 11.3 Å². The van der Waals surface area contributed by atoms with E-state index in [-0.39, 0.29) is 6.10 Å². The lowest BCUT2D eigenvalue weighted by molar-refractivity contribution is -0.141. The van der Waals surface area contributed by atoms with Crippen LogP contribution in [0.3, 0.4) is 0 Å². The summed E-state index contributed by atoms with van der Waals surface area (Å²) in [5.74, 6) is 0.492. The summed E-state index contributed by atoms with van der Waals surface area (Å²) in [6.45, 7) is 7.05. The minimum atomic E-state index is -0.461. The Morgan fingerprint density at radius 1 is 1.60 bits per heavy atom. The number of hydrogen-bond acceptors (Lipinski definition) is 4.